The predicted octanol–water partition coefficient (Wildman–Crippen LogP) is 3.30. The summed E-state index contributed by atoms with van der Waals surface area (Å²) in [5.41, 5.74) is 5.70. The molecule has 1 aromatic rings. The van der Waals surface area contributed by atoms with Crippen molar-refractivity contribution < 1.29 is 0 Å². The Balaban J connectivity index is 0.000000396. The van der Waals surface area contributed by atoms with Gasteiger partial charge in [-0.1, -0.05) is 26.0 Å². The Morgan fingerprint density at radius 2 is 1.69 bits per heavy atom. The van der Waals surface area contributed by atoms with Crippen molar-refractivity contribution in [3.63, 3.8) is 0 Å². The normalized spacial score (nSPS) is 12.6. The van der Waals surface area contributed by atoms with Crippen LogP contribution in [0.15, 0.2) is 12.1 Å². The number of nitrogens with one attached hydrogen (secondary N) is 1. The summed E-state index contributed by atoms with van der Waals surface area (Å²) >= 11 is 0. The molecule has 0 spiro atoms. The smallest absolute Gasteiger partial charge is 0.0405 e. The number of fused-ring (bicyclic) bond motifs is 1. The van der Waals surface area contributed by atoms with Crippen LogP contribution in [-0.2, 0) is 6.42 Å². The van der Waals surface area contributed by atoms with E-state index in [2.05, 4.69) is 31.3 Å². The first kappa shape index (κ1) is 10.1. The fourth-order valence-corrected chi connectivity index (χ4v) is 1.75. The Bertz CT molecular complexity index is 260. The molecule has 1 aromatic carbocycles. The van der Waals surface area contributed by atoms with Gasteiger partial charge >= 0.3 is 0 Å². The summed E-state index contributed by atoms with van der Waals surface area (Å²) in [7, 11) is 0. The third-order valence-corrected chi connectivity index (χ3v) is 2.43. The fourth-order valence-electron chi connectivity index (χ4n) is 1.75. The summed E-state index contributed by atoms with van der Waals surface area (Å²) in [6.07, 6.45) is 1.20. The summed E-state index contributed by atoms with van der Waals surface area (Å²) in [5.74, 6) is 0. The van der Waals surface area contributed by atoms with Gasteiger partial charge in [-0.15, -0.1) is 0 Å². The van der Waals surface area contributed by atoms with Gasteiger partial charge in [0.1, 0.15) is 0 Å². The number of aryl methyl sites for hydroxylation is 2. The van der Waals surface area contributed by atoms with E-state index in [4.69, 9.17) is 0 Å². The second-order valence-electron chi connectivity index (χ2n) is 3.23. The van der Waals surface area contributed by atoms with Crippen LogP contribution in [0.5, 0.6) is 0 Å². The third kappa shape index (κ3) is 1.85. The third-order valence-electron chi connectivity index (χ3n) is 2.43. The maximum Gasteiger partial charge on any atom is 0.0405 e. The van der Waals surface area contributed by atoms with Crippen molar-refractivity contribution in [2.24, 2.45) is 0 Å². The molecule has 0 aliphatic carbocycles. The highest BCUT2D eigenvalue weighted by atomic mass is 14.9. The Labute approximate surface area is 81.2 Å². The van der Waals surface area contributed by atoms with Crippen LogP contribution in [0.25, 0.3) is 0 Å². The Hall–Kier alpha value is -0.980. The molecule has 0 saturated carbocycles. The number of rotatable bonds is 0. The zero-order valence-corrected chi connectivity index (χ0v) is 9.07. The second-order valence-corrected chi connectivity index (χ2v) is 3.23. The van der Waals surface area contributed by atoms with E-state index >= 15 is 0 Å². The molecule has 0 atom stereocenters. The van der Waals surface area contributed by atoms with Crippen LogP contribution in [0.4, 0.5) is 5.69 Å². The van der Waals surface area contributed by atoms with E-state index in [-0.39, 0.29) is 0 Å². The maximum atomic E-state index is 3.41. The quantitative estimate of drug-likeness (QED) is 0.641. The molecule has 72 valence electrons. The highest BCUT2D eigenvalue weighted by Gasteiger charge is 2.13. The first-order chi connectivity index (χ1) is 6.29. The molecular weight excluding hydrogens is 158 g/mol. The van der Waals surface area contributed by atoms with E-state index < -0.39 is 0 Å². The van der Waals surface area contributed by atoms with Crippen LogP contribution in [0, 0.1) is 13.8 Å². The van der Waals surface area contributed by atoms with Crippen LogP contribution >= 0.6 is 0 Å². The first-order valence-corrected chi connectivity index (χ1v) is 5.12. The molecule has 0 bridgehead atoms. The molecule has 1 nitrogen and oxygen atoms in total. The zero-order chi connectivity index (χ0) is 9.84. The van der Waals surface area contributed by atoms with E-state index in [1.807, 2.05) is 13.8 Å². The standard InChI is InChI=1S/C10H13N.C2H6/c1-7-3-4-8(2)10-9(7)5-6-11-10;1-2/h3-4,11H,5-6H2,1-2H3;1-2H3. The zero-order valence-electron chi connectivity index (χ0n) is 9.07. The van der Waals surface area contributed by atoms with Gasteiger partial charge in [0.25, 0.3) is 0 Å². The Kier molecular flexibility index (Phi) is 3.35. The first-order valence-electron chi connectivity index (χ1n) is 5.12. The lowest BCUT2D eigenvalue weighted by molar-refractivity contribution is 1.09. The summed E-state index contributed by atoms with van der Waals surface area (Å²) in [5, 5.41) is 3.41. The van der Waals surface area contributed by atoms with Gasteiger partial charge < -0.3 is 5.32 Å². The lowest BCUT2D eigenvalue weighted by atomic mass is 10.0. The van der Waals surface area contributed by atoms with E-state index in [1.54, 1.807) is 0 Å². The molecule has 1 aliphatic rings. The van der Waals surface area contributed by atoms with Gasteiger partial charge in [-0.05, 0) is 37.0 Å². The monoisotopic (exact) mass is 177 g/mol. The fraction of sp³-hybridized carbons (Fsp3) is 0.500. The van der Waals surface area contributed by atoms with Gasteiger partial charge in [-0.3, -0.25) is 0 Å². The van der Waals surface area contributed by atoms with Crippen molar-refractivity contribution in [2.75, 3.05) is 11.9 Å². The van der Waals surface area contributed by atoms with E-state index in [9.17, 15) is 0 Å². The molecule has 1 heteroatoms. The molecule has 0 fully saturated rings. The molecule has 0 radical (unpaired) electrons. The van der Waals surface area contributed by atoms with Crippen LogP contribution in [-0.4, -0.2) is 6.54 Å². The lowest BCUT2D eigenvalue weighted by Gasteiger charge is -2.05. The molecule has 0 amide bonds. The van der Waals surface area contributed by atoms with E-state index in [0.29, 0.717) is 0 Å². The van der Waals surface area contributed by atoms with Gasteiger partial charge in [-0.2, -0.15) is 0 Å². The van der Waals surface area contributed by atoms with Gasteiger partial charge in [0, 0.05) is 12.2 Å². The molecule has 1 aliphatic heterocycles. The molecular formula is C12H19N. The maximum absolute atomic E-state index is 3.41. The Morgan fingerprint density at radius 1 is 1.08 bits per heavy atom. The number of anilines is 1. The van der Waals surface area contributed by atoms with Crippen LogP contribution in [0.2, 0.25) is 0 Å². The van der Waals surface area contributed by atoms with Crippen molar-refractivity contribution >= 4 is 5.69 Å². The van der Waals surface area contributed by atoms with Crippen molar-refractivity contribution in [1.82, 2.24) is 0 Å². The lowest BCUT2D eigenvalue weighted by Crippen LogP contribution is -1.92. The van der Waals surface area contributed by atoms with E-state index in [1.165, 1.54) is 28.8 Å². The summed E-state index contributed by atoms with van der Waals surface area (Å²) < 4.78 is 0. The SMILES string of the molecule is CC.Cc1ccc(C)c2c1CCN2. The minimum Gasteiger partial charge on any atom is -0.384 e. The number of benzene rings is 1. The second kappa shape index (κ2) is 4.31. The highest BCUT2D eigenvalue weighted by molar-refractivity contribution is 5.63. The van der Waals surface area contributed by atoms with Gasteiger partial charge in [0.05, 0.1) is 0 Å². The van der Waals surface area contributed by atoms with E-state index in [0.717, 1.165) is 6.54 Å². The Morgan fingerprint density at radius 3 is 2.31 bits per heavy atom. The molecule has 1 heterocycles. The van der Waals surface area contributed by atoms with Crippen LogP contribution < -0.4 is 5.32 Å². The highest BCUT2D eigenvalue weighted by Crippen LogP contribution is 2.28. The van der Waals surface area contributed by atoms with Gasteiger partial charge in [-0.25, -0.2) is 0 Å². The molecule has 13 heavy (non-hydrogen) atoms. The van der Waals surface area contributed by atoms with Crippen LogP contribution in [0.3, 0.4) is 0 Å². The van der Waals surface area contributed by atoms with Crippen molar-refractivity contribution in [3.05, 3.63) is 28.8 Å². The van der Waals surface area contributed by atoms with Gasteiger partial charge in [0.2, 0.25) is 0 Å². The van der Waals surface area contributed by atoms with Crippen molar-refractivity contribution in [2.45, 2.75) is 34.1 Å². The van der Waals surface area contributed by atoms with Gasteiger partial charge in [0.15, 0.2) is 0 Å². The largest absolute Gasteiger partial charge is 0.384 e. The predicted molar refractivity (Wildman–Crippen MR) is 59.5 cm³/mol. The molecule has 2 rings (SSSR count). The van der Waals surface area contributed by atoms with Crippen molar-refractivity contribution in [1.29, 1.82) is 0 Å². The minimum atomic E-state index is 1.11. The molecule has 1 N–H and O–H groups in total. The number of hydrogen-bond acceptors (Lipinski definition) is 1. The summed E-state index contributed by atoms with van der Waals surface area (Å²) in [6.45, 7) is 9.46. The summed E-state index contributed by atoms with van der Waals surface area (Å²) in [6, 6.07) is 4.40. The molecule has 0 saturated heterocycles. The molecule has 0 aromatic heterocycles. The topological polar surface area (TPSA) is 12.0 Å². The summed E-state index contributed by atoms with van der Waals surface area (Å²) in [4.78, 5) is 0. The minimum absolute atomic E-state index is 1.11. The average molecular weight is 177 g/mol. The molecule has 0 unspecified atom stereocenters. The van der Waals surface area contributed by atoms with Crippen LogP contribution in [0.1, 0.15) is 30.5 Å². The van der Waals surface area contributed by atoms with Crippen molar-refractivity contribution in [3.8, 4) is 0 Å². The number of hydrogen-bond donors (Lipinski definition) is 1. The average Bonchev–Trinajstić information content (AvgIpc) is 2.64.